The van der Waals surface area contributed by atoms with Gasteiger partial charge in [0.1, 0.15) is 5.82 Å². The molecule has 3 aromatic rings. The number of carbonyl (C=O) groups is 2. The van der Waals surface area contributed by atoms with Crippen molar-refractivity contribution in [3.05, 3.63) is 65.7 Å². The average molecular weight is 405 g/mol. The molecule has 2 amide bonds. The summed E-state index contributed by atoms with van der Waals surface area (Å²) in [6, 6.07) is 17.8. The fourth-order valence-electron chi connectivity index (χ4n) is 3.26. The second kappa shape index (κ2) is 9.39. The van der Waals surface area contributed by atoms with Crippen LogP contribution in [0.15, 0.2) is 54.6 Å². The van der Waals surface area contributed by atoms with Crippen molar-refractivity contribution >= 4 is 17.6 Å². The standard InChI is InChI=1S/C24H28N4O2/c1-16(2)12-23(29)25-15-24(30)26-22-14-20(19-8-6-5-7-9-19)27-28(22)21-11-10-17(3)13-18(21)4/h5-11,13-14,16H,12,15H2,1-4H3,(H,25,29)(H,26,30). The molecule has 156 valence electrons. The number of amides is 2. The highest BCUT2D eigenvalue weighted by Gasteiger charge is 2.16. The monoisotopic (exact) mass is 404 g/mol. The van der Waals surface area contributed by atoms with E-state index in [0.29, 0.717) is 12.2 Å². The Morgan fingerprint density at radius 2 is 1.73 bits per heavy atom. The van der Waals surface area contributed by atoms with Crippen molar-refractivity contribution < 1.29 is 9.59 Å². The van der Waals surface area contributed by atoms with Gasteiger partial charge in [0.15, 0.2) is 0 Å². The van der Waals surface area contributed by atoms with Gasteiger partial charge in [-0.05, 0) is 31.4 Å². The van der Waals surface area contributed by atoms with Gasteiger partial charge in [-0.3, -0.25) is 9.59 Å². The second-order valence-corrected chi connectivity index (χ2v) is 7.91. The highest BCUT2D eigenvalue weighted by atomic mass is 16.2. The molecule has 6 heteroatoms. The van der Waals surface area contributed by atoms with Gasteiger partial charge in [-0.15, -0.1) is 0 Å². The number of aromatic nitrogens is 2. The summed E-state index contributed by atoms with van der Waals surface area (Å²) in [4.78, 5) is 24.4. The summed E-state index contributed by atoms with van der Waals surface area (Å²) in [6.45, 7) is 7.91. The molecule has 0 radical (unpaired) electrons. The van der Waals surface area contributed by atoms with Gasteiger partial charge in [0.25, 0.3) is 0 Å². The molecule has 0 unspecified atom stereocenters. The van der Waals surface area contributed by atoms with Crippen LogP contribution in [0.25, 0.3) is 16.9 Å². The van der Waals surface area contributed by atoms with Crippen LogP contribution in [0.1, 0.15) is 31.4 Å². The fraction of sp³-hybridized carbons (Fsp3) is 0.292. The second-order valence-electron chi connectivity index (χ2n) is 7.91. The van der Waals surface area contributed by atoms with Crippen LogP contribution in [0.3, 0.4) is 0 Å². The van der Waals surface area contributed by atoms with Crippen LogP contribution in [0.4, 0.5) is 5.82 Å². The molecule has 2 N–H and O–H groups in total. The Labute approximate surface area is 177 Å². The summed E-state index contributed by atoms with van der Waals surface area (Å²) in [5.74, 6) is 0.377. The molecule has 0 bridgehead atoms. The fourth-order valence-corrected chi connectivity index (χ4v) is 3.26. The smallest absolute Gasteiger partial charge is 0.244 e. The predicted octanol–water partition coefficient (Wildman–Crippen LogP) is 4.26. The van der Waals surface area contributed by atoms with Gasteiger partial charge in [0, 0.05) is 18.1 Å². The Morgan fingerprint density at radius 3 is 2.40 bits per heavy atom. The van der Waals surface area contributed by atoms with E-state index < -0.39 is 0 Å². The molecular formula is C24H28N4O2. The van der Waals surface area contributed by atoms with E-state index in [9.17, 15) is 9.59 Å². The first-order valence-electron chi connectivity index (χ1n) is 10.1. The number of hydrogen-bond acceptors (Lipinski definition) is 3. The summed E-state index contributed by atoms with van der Waals surface area (Å²) in [7, 11) is 0. The summed E-state index contributed by atoms with van der Waals surface area (Å²) < 4.78 is 1.74. The van der Waals surface area contributed by atoms with Crippen LogP contribution in [0.5, 0.6) is 0 Å². The van der Waals surface area contributed by atoms with Gasteiger partial charge >= 0.3 is 0 Å². The topological polar surface area (TPSA) is 76.0 Å². The lowest BCUT2D eigenvalue weighted by atomic mass is 10.1. The molecule has 3 rings (SSSR count). The highest BCUT2D eigenvalue weighted by molar-refractivity contribution is 5.94. The van der Waals surface area contributed by atoms with E-state index >= 15 is 0 Å². The number of carbonyl (C=O) groups excluding carboxylic acids is 2. The van der Waals surface area contributed by atoms with Crippen molar-refractivity contribution in [2.75, 3.05) is 11.9 Å². The summed E-state index contributed by atoms with van der Waals surface area (Å²) in [5, 5.41) is 10.3. The van der Waals surface area contributed by atoms with Gasteiger partial charge in [-0.25, -0.2) is 4.68 Å². The lowest BCUT2D eigenvalue weighted by molar-refractivity contribution is -0.124. The lowest BCUT2D eigenvalue weighted by Gasteiger charge is -2.12. The minimum Gasteiger partial charge on any atom is -0.347 e. The predicted molar refractivity (Wildman–Crippen MR) is 120 cm³/mol. The number of nitrogens with zero attached hydrogens (tertiary/aromatic N) is 2. The van der Waals surface area contributed by atoms with E-state index in [2.05, 4.69) is 16.7 Å². The van der Waals surface area contributed by atoms with Crippen molar-refractivity contribution in [3.8, 4) is 16.9 Å². The minimum atomic E-state index is -0.294. The Kier molecular flexibility index (Phi) is 6.67. The molecule has 0 atom stereocenters. The summed E-state index contributed by atoms with van der Waals surface area (Å²) >= 11 is 0. The molecule has 0 aliphatic rings. The maximum absolute atomic E-state index is 12.5. The number of aryl methyl sites for hydroxylation is 2. The largest absolute Gasteiger partial charge is 0.347 e. The third-order valence-corrected chi connectivity index (χ3v) is 4.67. The maximum atomic E-state index is 12.5. The molecular weight excluding hydrogens is 376 g/mol. The zero-order chi connectivity index (χ0) is 21.7. The molecule has 6 nitrogen and oxygen atoms in total. The highest BCUT2D eigenvalue weighted by Crippen LogP contribution is 2.26. The molecule has 1 heterocycles. The normalized spacial score (nSPS) is 10.8. The molecule has 0 aliphatic heterocycles. The zero-order valence-corrected chi connectivity index (χ0v) is 17.9. The first-order chi connectivity index (χ1) is 14.3. The quantitative estimate of drug-likeness (QED) is 0.618. The van der Waals surface area contributed by atoms with Crippen LogP contribution in [-0.4, -0.2) is 28.1 Å². The maximum Gasteiger partial charge on any atom is 0.244 e. The third-order valence-electron chi connectivity index (χ3n) is 4.67. The van der Waals surface area contributed by atoms with Gasteiger partial charge in [0.05, 0.1) is 17.9 Å². The van der Waals surface area contributed by atoms with E-state index in [0.717, 1.165) is 28.1 Å². The van der Waals surface area contributed by atoms with Crippen LogP contribution in [0.2, 0.25) is 0 Å². The third kappa shape index (κ3) is 5.35. The van der Waals surface area contributed by atoms with Crippen molar-refractivity contribution in [2.45, 2.75) is 34.1 Å². The Morgan fingerprint density at radius 1 is 1.00 bits per heavy atom. The Bertz CT molecular complexity index is 1040. The van der Waals surface area contributed by atoms with Crippen LogP contribution in [-0.2, 0) is 9.59 Å². The molecule has 0 fully saturated rings. The molecule has 0 aliphatic carbocycles. The number of anilines is 1. The van der Waals surface area contributed by atoms with Crippen molar-refractivity contribution in [2.24, 2.45) is 5.92 Å². The van der Waals surface area contributed by atoms with Crippen molar-refractivity contribution in [1.82, 2.24) is 15.1 Å². The van der Waals surface area contributed by atoms with Crippen LogP contribution >= 0.6 is 0 Å². The number of rotatable bonds is 7. The minimum absolute atomic E-state index is 0.0791. The number of benzene rings is 2. The zero-order valence-electron chi connectivity index (χ0n) is 17.9. The van der Waals surface area contributed by atoms with Gasteiger partial charge in [0.2, 0.25) is 11.8 Å². The van der Waals surface area contributed by atoms with E-state index in [-0.39, 0.29) is 24.3 Å². The van der Waals surface area contributed by atoms with E-state index in [1.807, 2.05) is 76.2 Å². The van der Waals surface area contributed by atoms with Crippen LogP contribution < -0.4 is 10.6 Å². The lowest BCUT2D eigenvalue weighted by Crippen LogP contribution is -2.33. The molecule has 2 aromatic carbocycles. The Hall–Kier alpha value is -3.41. The summed E-state index contributed by atoms with van der Waals surface area (Å²) in [6.07, 6.45) is 0.395. The van der Waals surface area contributed by atoms with E-state index in [1.165, 1.54) is 0 Å². The molecule has 30 heavy (non-hydrogen) atoms. The molecule has 0 saturated heterocycles. The first-order valence-corrected chi connectivity index (χ1v) is 10.1. The number of nitrogens with one attached hydrogen (secondary N) is 2. The van der Waals surface area contributed by atoms with Crippen molar-refractivity contribution in [3.63, 3.8) is 0 Å². The van der Waals surface area contributed by atoms with Gasteiger partial charge < -0.3 is 10.6 Å². The van der Waals surface area contributed by atoms with E-state index in [1.54, 1.807) is 4.68 Å². The first kappa shape index (κ1) is 21.3. The van der Waals surface area contributed by atoms with Gasteiger partial charge in [-0.2, -0.15) is 5.10 Å². The Balaban J connectivity index is 1.87. The molecule has 0 spiro atoms. The van der Waals surface area contributed by atoms with Crippen LogP contribution in [0, 0.1) is 19.8 Å². The number of hydrogen-bond donors (Lipinski definition) is 2. The molecule has 1 aromatic heterocycles. The molecule has 0 saturated carbocycles. The van der Waals surface area contributed by atoms with E-state index in [4.69, 9.17) is 5.10 Å². The van der Waals surface area contributed by atoms with Crippen molar-refractivity contribution in [1.29, 1.82) is 0 Å². The summed E-state index contributed by atoms with van der Waals surface area (Å²) in [5.41, 5.74) is 4.82. The van der Waals surface area contributed by atoms with Gasteiger partial charge in [-0.1, -0.05) is 61.9 Å². The average Bonchev–Trinajstić information content (AvgIpc) is 3.10. The SMILES string of the molecule is Cc1ccc(-n2nc(-c3ccccc3)cc2NC(=O)CNC(=O)CC(C)C)c(C)c1.